The largest absolute Gasteiger partial charge is 0.398 e. The Kier molecular flexibility index (Phi) is 4.59. The Hall–Kier alpha value is -1.22. The summed E-state index contributed by atoms with van der Waals surface area (Å²) in [7, 11) is 0. The van der Waals surface area contributed by atoms with E-state index >= 15 is 0 Å². The third kappa shape index (κ3) is 2.78. The fourth-order valence-electron chi connectivity index (χ4n) is 3.03. The van der Waals surface area contributed by atoms with E-state index in [9.17, 15) is 4.79 Å². The Morgan fingerprint density at radius 1 is 1.30 bits per heavy atom. The number of nitrogen functional groups attached to an aromatic ring is 1. The number of nitrogens with zero attached hydrogens (tertiary/aromatic N) is 1. The maximum atomic E-state index is 12.5. The van der Waals surface area contributed by atoms with Crippen LogP contribution in [0, 0.1) is 5.41 Å². The molecule has 0 atom stereocenters. The Bertz CT molecular complexity index is 487. The molecular weight excluding hydrogens is 272 g/mol. The van der Waals surface area contributed by atoms with Crippen LogP contribution in [0.3, 0.4) is 0 Å². The average molecular weight is 295 g/mol. The molecule has 0 bridgehead atoms. The van der Waals surface area contributed by atoms with Crippen LogP contribution in [0.1, 0.15) is 49.9 Å². The quantitative estimate of drug-likeness (QED) is 0.858. The molecule has 1 amide bonds. The standard InChI is InChI=1S/C16H23ClN2O/c1-3-16(4-2)8-10-19(11-9-16)15(20)12-6-5-7-13(18)14(12)17/h5-7H,3-4,8-11,18H2,1-2H3. The first kappa shape index (κ1) is 15.2. The summed E-state index contributed by atoms with van der Waals surface area (Å²) in [5, 5.41) is 0.375. The zero-order chi connectivity index (χ0) is 14.8. The normalized spacial score (nSPS) is 18.1. The molecule has 3 nitrogen and oxygen atoms in total. The molecule has 1 aromatic rings. The van der Waals surface area contributed by atoms with Crippen LogP contribution in [-0.2, 0) is 0 Å². The van der Waals surface area contributed by atoms with E-state index in [1.165, 1.54) is 12.8 Å². The van der Waals surface area contributed by atoms with Crippen molar-refractivity contribution in [3.63, 3.8) is 0 Å². The predicted molar refractivity (Wildman–Crippen MR) is 84.0 cm³/mol. The first-order valence-electron chi connectivity index (χ1n) is 7.36. The summed E-state index contributed by atoms with van der Waals surface area (Å²) < 4.78 is 0. The number of rotatable bonds is 3. The lowest BCUT2D eigenvalue weighted by Gasteiger charge is -2.41. The number of hydrogen-bond acceptors (Lipinski definition) is 2. The maximum Gasteiger partial charge on any atom is 0.255 e. The van der Waals surface area contributed by atoms with Gasteiger partial charge < -0.3 is 10.6 Å². The zero-order valence-corrected chi connectivity index (χ0v) is 13.0. The minimum absolute atomic E-state index is 0.00288. The van der Waals surface area contributed by atoms with Gasteiger partial charge in [0.1, 0.15) is 0 Å². The number of nitrogens with two attached hydrogens (primary N) is 1. The second-order valence-corrected chi connectivity index (χ2v) is 6.09. The molecule has 0 unspecified atom stereocenters. The van der Waals surface area contributed by atoms with Gasteiger partial charge in [0.25, 0.3) is 5.91 Å². The third-order valence-electron chi connectivity index (χ3n) is 4.87. The number of amides is 1. The molecule has 20 heavy (non-hydrogen) atoms. The number of halogens is 1. The lowest BCUT2D eigenvalue weighted by atomic mass is 9.74. The highest BCUT2D eigenvalue weighted by Gasteiger charge is 2.33. The second kappa shape index (κ2) is 6.04. The zero-order valence-electron chi connectivity index (χ0n) is 12.3. The lowest BCUT2D eigenvalue weighted by Crippen LogP contribution is -2.42. The van der Waals surface area contributed by atoms with Crippen LogP contribution in [0.4, 0.5) is 5.69 Å². The molecule has 4 heteroatoms. The van der Waals surface area contributed by atoms with Crippen LogP contribution in [0.15, 0.2) is 18.2 Å². The van der Waals surface area contributed by atoms with Gasteiger partial charge in [-0.15, -0.1) is 0 Å². The van der Waals surface area contributed by atoms with Gasteiger partial charge in [-0.05, 0) is 30.4 Å². The molecular formula is C16H23ClN2O. The Morgan fingerprint density at radius 3 is 2.45 bits per heavy atom. The van der Waals surface area contributed by atoms with E-state index < -0.39 is 0 Å². The fraction of sp³-hybridized carbons (Fsp3) is 0.562. The highest BCUT2D eigenvalue weighted by molar-refractivity contribution is 6.36. The Balaban J connectivity index is 2.11. The van der Waals surface area contributed by atoms with Crippen molar-refractivity contribution in [2.45, 2.75) is 39.5 Å². The van der Waals surface area contributed by atoms with Crippen molar-refractivity contribution in [3.8, 4) is 0 Å². The summed E-state index contributed by atoms with van der Waals surface area (Å²) in [5.74, 6) is 0.00288. The molecule has 1 saturated heterocycles. The van der Waals surface area contributed by atoms with Crippen LogP contribution in [0.2, 0.25) is 5.02 Å². The van der Waals surface area contributed by atoms with Crippen molar-refractivity contribution >= 4 is 23.2 Å². The van der Waals surface area contributed by atoms with Crippen molar-refractivity contribution in [1.82, 2.24) is 4.90 Å². The van der Waals surface area contributed by atoms with Crippen molar-refractivity contribution in [2.24, 2.45) is 5.41 Å². The maximum absolute atomic E-state index is 12.5. The monoisotopic (exact) mass is 294 g/mol. The Morgan fingerprint density at radius 2 is 1.90 bits per heavy atom. The molecule has 2 rings (SSSR count). The highest BCUT2D eigenvalue weighted by atomic mass is 35.5. The molecule has 1 fully saturated rings. The first-order valence-corrected chi connectivity index (χ1v) is 7.74. The van der Waals surface area contributed by atoms with Gasteiger partial charge in [0.05, 0.1) is 16.3 Å². The van der Waals surface area contributed by atoms with Crippen molar-refractivity contribution < 1.29 is 4.79 Å². The third-order valence-corrected chi connectivity index (χ3v) is 5.29. The van der Waals surface area contributed by atoms with Crippen LogP contribution >= 0.6 is 11.6 Å². The molecule has 0 spiro atoms. The Labute approximate surface area is 126 Å². The van der Waals surface area contributed by atoms with Gasteiger partial charge in [-0.3, -0.25) is 4.79 Å². The number of piperidine rings is 1. The van der Waals surface area contributed by atoms with Gasteiger partial charge in [-0.1, -0.05) is 44.4 Å². The summed E-state index contributed by atoms with van der Waals surface area (Å²) in [6.45, 7) is 6.11. The first-order chi connectivity index (χ1) is 9.53. The second-order valence-electron chi connectivity index (χ2n) is 5.71. The number of hydrogen-bond donors (Lipinski definition) is 1. The van der Waals surface area contributed by atoms with Gasteiger partial charge in [0.15, 0.2) is 0 Å². The van der Waals surface area contributed by atoms with Crippen LogP contribution < -0.4 is 5.73 Å². The van der Waals surface area contributed by atoms with Gasteiger partial charge >= 0.3 is 0 Å². The van der Waals surface area contributed by atoms with Gasteiger partial charge in [0.2, 0.25) is 0 Å². The molecule has 0 aromatic heterocycles. The van der Waals surface area contributed by atoms with Crippen molar-refractivity contribution in [1.29, 1.82) is 0 Å². The van der Waals surface area contributed by atoms with E-state index in [-0.39, 0.29) is 5.91 Å². The van der Waals surface area contributed by atoms with E-state index in [4.69, 9.17) is 17.3 Å². The number of likely N-dealkylation sites (tertiary alicyclic amines) is 1. The molecule has 0 aliphatic carbocycles. The summed E-state index contributed by atoms with van der Waals surface area (Å²) in [6.07, 6.45) is 4.52. The molecule has 110 valence electrons. The SMILES string of the molecule is CCC1(CC)CCN(C(=O)c2cccc(N)c2Cl)CC1. The summed E-state index contributed by atoms with van der Waals surface area (Å²) >= 11 is 6.15. The number of carbonyl (C=O) groups is 1. The molecule has 0 saturated carbocycles. The number of benzene rings is 1. The van der Waals surface area contributed by atoms with Crippen LogP contribution in [0.5, 0.6) is 0 Å². The topological polar surface area (TPSA) is 46.3 Å². The minimum atomic E-state index is 0.00288. The number of anilines is 1. The molecule has 2 N–H and O–H groups in total. The smallest absolute Gasteiger partial charge is 0.255 e. The van der Waals surface area contributed by atoms with Gasteiger partial charge in [0, 0.05) is 13.1 Å². The van der Waals surface area contributed by atoms with Gasteiger partial charge in [-0.25, -0.2) is 0 Å². The van der Waals surface area contributed by atoms with E-state index in [1.54, 1.807) is 18.2 Å². The summed E-state index contributed by atoms with van der Waals surface area (Å²) in [6, 6.07) is 5.25. The van der Waals surface area contributed by atoms with Crippen LogP contribution in [-0.4, -0.2) is 23.9 Å². The molecule has 1 heterocycles. The summed E-state index contributed by atoms with van der Waals surface area (Å²) in [4.78, 5) is 14.5. The summed E-state index contributed by atoms with van der Waals surface area (Å²) in [5.41, 5.74) is 7.17. The predicted octanol–water partition coefficient (Wildman–Crippen LogP) is 3.96. The van der Waals surface area contributed by atoms with E-state index in [0.717, 1.165) is 25.9 Å². The van der Waals surface area contributed by atoms with Crippen LogP contribution in [0.25, 0.3) is 0 Å². The molecule has 1 aromatic carbocycles. The lowest BCUT2D eigenvalue weighted by molar-refractivity contribution is 0.0558. The van der Waals surface area contributed by atoms with E-state index in [0.29, 0.717) is 21.7 Å². The fourth-order valence-corrected chi connectivity index (χ4v) is 3.23. The average Bonchev–Trinajstić information content (AvgIpc) is 2.49. The van der Waals surface area contributed by atoms with E-state index in [1.807, 2.05) is 4.90 Å². The number of carbonyl (C=O) groups excluding carboxylic acids is 1. The molecule has 1 aliphatic rings. The van der Waals surface area contributed by atoms with Gasteiger partial charge in [-0.2, -0.15) is 0 Å². The van der Waals surface area contributed by atoms with Crippen molar-refractivity contribution in [2.75, 3.05) is 18.8 Å². The van der Waals surface area contributed by atoms with Crippen molar-refractivity contribution in [3.05, 3.63) is 28.8 Å². The highest BCUT2D eigenvalue weighted by Crippen LogP contribution is 2.38. The molecule has 0 radical (unpaired) electrons. The van der Waals surface area contributed by atoms with E-state index in [2.05, 4.69) is 13.8 Å². The molecule has 1 aliphatic heterocycles. The minimum Gasteiger partial charge on any atom is -0.398 e.